The van der Waals surface area contributed by atoms with E-state index in [0.717, 1.165) is 36.3 Å². The van der Waals surface area contributed by atoms with Crippen LogP contribution in [0.1, 0.15) is 36.9 Å². The quantitative estimate of drug-likeness (QED) is 0.858. The molecule has 1 aliphatic heterocycles. The third-order valence-electron chi connectivity index (χ3n) is 3.42. The van der Waals surface area contributed by atoms with Crippen molar-refractivity contribution in [1.82, 2.24) is 0 Å². The highest BCUT2D eigenvalue weighted by molar-refractivity contribution is 5.37. The van der Waals surface area contributed by atoms with E-state index in [1.807, 2.05) is 19.1 Å². The molecular weight excluding hydrogens is 242 g/mol. The number of benzene rings is 1. The maximum absolute atomic E-state index is 5.90. The monoisotopic (exact) mass is 265 g/mol. The summed E-state index contributed by atoms with van der Waals surface area (Å²) >= 11 is 0. The van der Waals surface area contributed by atoms with Gasteiger partial charge in [0.1, 0.15) is 5.75 Å². The highest BCUT2D eigenvalue weighted by atomic mass is 16.5. The van der Waals surface area contributed by atoms with E-state index in [9.17, 15) is 0 Å². The summed E-state index contributed by atoms with van der Waals surface area (Å²) in [7, 11) is 1.67. The highest BCUT2D eigenvalue weighted by Gasteiger charge is 2.16. The Labute approximate surface area is 114 Å². The molecule has 2 atom stereocenters. The van der Waals surface area contributed by atoms with Crippen LogP contribution >= 0.6 is 0 Å². The van der Waals surface area contributed by atoms with Gasteiger partial charge in [0.2, 0.25) is 0 Å². The van der Waals surface area contributed by atoms with Crippen LogP contribution in [0.15, 0.2) is 18.2 Å². The van der Waals surface area contributed by atoms with Crippen LogP contribution in [0.25, 0.3) is 0 Å². The molecule has 0 bridgehead atoms. The molecule has 0 spiro atoms. The summed E-state index contributed by atoms with van der Waals surface area (Å²) in [6.07, 6.45) is 2.48. The van der Waals surface area contributed by atoms with Crippen LogP contribution in [0.3, 0.4) is 0 Å². The molecule has 1 saturated heterocycles. The van der Waals surface area contributed by atoms with Crippen LogP contribution in [-0.2, 0) is 16.1 Å². The molecule has 1 fully saturated rings. The van der Waals surface area contributed by atoms with Crippen molar-refractivity contribution in [2.45, 2.75) is 38.5 Å². The Morgan fingerprint density at radius 1 is 1.47 bits per heavy atom. The standard InChI is InChI=1S/C15H23NO3/c1-11(16)12-5-6-15(17-2)13(8-12)9-18-10-14-4-3-7-19-14/h5-6,8,11,14H,3-4,7,9-10,16H2,1-2H3. The molecular formula is C15H23NO3. The Hall–Kier alpha value is -1.10. The molecule has 1 heterocycles. The van der Waals surface area contributed by atoms with Crippen molar-refractivity contribution in [3.05, 3.63) is 29.3 Å². The van der Waals surface area contributed by atoms with Gasteiger partial charge >= 0.3 is 0 Å². The number of nitrogens with two attached hydrogens (primary N) is 1. The summed E-state index contributed by atoms with van der Waals surface area (Å²) in [5.74, 6) is 0.844. The summed E-state index contributed by atoms with van der Waals surface area (Å²) in [6, 6.07) is 6.01. The predicted octanol–water partition coefficient (Wildman–Crippen LogP) is 2.41. The van der Waals surface area contributed by atoms with Crippen LogP contribution in [0.4, 0.5) is 0 Å². The topological polar surface area (TPSA) is 53.7 Å². The molecule has 0 radical (unpaired) electrons. The summed E-state index contributed by atoms with van der Waals surface area (Å²) in [4.78, 5) is 0. The fourth-order valence-corrected chi connectivity index (χ4v) is 2.27. The Bertz CT molecular complexity index is 400. The zero-order chi connectivity index (χ0) is 13.7. The second-order valence-electron chi connectivity index (χ2n) is 5.01. The lowest BCUT2D eigenvalue weighted by Gasteiger charge is -2.14. The van der Waals surface area contributed by atoms with Gasteiger partial charge in [0, 0.05) is 18.2 Å². The van der Waals surface area contributed by atoms with Crippen molar-refractivity contribution >= 4 is 0 Å². The molecule has 4 heteroatoms. The average Bonchev–Trinajstić information content (AvgIpc) is 2.91. The zero-order valence-corrected chi connectivity index (χ0v) is 11.7. The van der Waals surface area contributed by atoms with E-state index in [2.05, 4.69) is 6.07 Å². The van der Waals surface area contributed by atoms with Gasteiger partial charge in [0.15, 0.2) is 0 Å². The summed E-state index contributed by atoms with van der Waals surface area (Å²) in [5, 5.41) is 0. The lowest BCUT2D eigenvalue weighted by atomic mass is 10.1. The largest absolute Gasteiger partial charge is 0.496 e. The first-order chi connectivity index (χ1) is 9.20. The highest BCUT2D eigenvalue weighted by Crippen LogP contribution is 2.23. The lowest BCUT2D eigenvalue weighted by Crippen LogP contribution is -2.14. The molecule has 19 heavy (non-hydrogen) atoms. The Kier molecular flexibility index (Phi) is 5.19. The minimum Gasteiger partial charge on any atom is -0.496 e. The third kappa shape index (κ3) is 3.93. The normalized spacial score (nSPS) is 20.5. The SMILES string of the molecule is COc1ccc(C(C)N)cc1COCC1CCCO1. The molecule has 1 aliphatic rings. The van der Waals surface area contributed by atoms with Crippen LogP contribution in [-0.4, -0.2) is 26.4 Å². The molecule has 1 aromatic rings. The van der Waals surface area contributed by atoms with Gasteiger partial charge < -0.3 is 19.9 Å². The van der Waals surface area contributed by atoms with Crippen molar-refractivity contribution < 1.29 is 14.2 Å². The fraction of sp³-hybridized carbons (Fsp3) is 0.600. The fourth-order valence-electron chi connectivity index (χ4n) is 2.27. The number of hydrogen-bond acceptors (Lipinski definition) is 4. The van der Waals surface area contributed by atoms with Crippen LogP contribution < -0.4 is 10.5 Å². The Morgan fingerprint density at radius 3 is 2.95 bits per heavy atom. The number of rotatable bonds is 6. The maximum atomic E-state index is 5.90. The number of ether oxygens (including phenoxy) is 3. The van der Waals surface area contributed by atoms with Crippen molar-refractivity contribution in [2.75, 3.05) is 20.3 Å². The van der Waals surface area contributed by atoms with Gasteiger partial charge in [-0.2, -0.15) is 0 Å². The number of hydrogen-bond donors (Lipinski definition) is 1. The van der Waals surface area contributed by atoms with Crippen molar-refractivity contribution in [2.24, 2.45) is 5.73 Å². The van der Waals surface area contributed by atoms with Gasteiger partial charge in [-0.3, -0.25) is 0 Å². The van der Waals surface area contributed by atoms with Crippen molar-refractivity contribution in [3.8, 4) is 5.75 Å². The second-order valence-corrected chi connectivity index (χ2v) is 5.01. The minimum atomic E-state index is 0.0165. The molecule has 2 unspecified atom stereocenters. The van der Waals surface area contributed by atoms with Gasteiger partial charge in [-0.25, -0.2) is 0 Å². The van der Waals surface area contributed by atoms with E-state index in [1.165, 1.54) is 0 Å². The van der Waals surface area contributed by atoms with Crippen molar-refractivity contribution in [3.63, 3.8) is 0 Å². The maximum Gasteiger partial charge on any atom is 0.124 e. The third-order valence-corrected chi connectivity index (χ3v) is 3.42. The molecule has 1 aromatic carbocycles. The smallest absolute Gasteiger partial charge is 0.124 e. The molecule has 106 valence electrons. The van der Waals surface area contributed by atoms with Gasteiger partial charge in [0.25, 0.3) is 0 Å². The molecule has 0 aromatic heterocycles. The molecule has 2 N–H and O–H groups in total. The predicted molar refractivity (Wildman–Crippen MR) is 74.2 cm³/mol. The van der Waals surface area contributed by atoms with E-state index in [1.54, 1.807) is 7.11 Å². The summed E-state index contributed by atoms with van der Waals surface area (Å²) < 4.78 is 16.6. The molecule has 4 nitrogen and oxygen atoms in total. The first-order valence-corrected chi connectivity index (χ1v) is 6.82. The Balaban J connectivity index is 1.94. The second kappa shape index (κ2) is 6.89. The van der Waals surface area contributed by atoms with Gasteiger partial charge in [-0.1, -0.05) is 6.07 Å². The van der Waals surface area contributed by atoms with Crippen LogP contribution in [0.2, 0.25) is 0 Å². The summed E-state index contributed by atoms with van der Waals surface area (Å²) in [5.41, 5.74) is 8.03. The molecule has 0 aliphatic carbocycles. The molecule has 2 rings (SSSR count). The molecule has 0 amide bonds. The van der Waals surface area contributed by atoms with E-state index in [0.29, 0.717) is 13.2 Å². The zero-order valence-electron chi connectivity index (χ0n) is 11.7. The van der Waals surface area contributed by atoms with E-state index in [4.69, 9.17) is 19.9 Å². The van der Waals surface area contributed by atoms with Crippen LogP contribution in [0.5, 0.6) is 5.75 Å². The first-order valence-electron chi connectivity index (χ1n) is 6.82. The molecule has 0 saturated carbocycles. The van der Waals surface area contributed by atoms with Crippen molar-refractivity contribution in [1.29, 1.82) is 0 Å². The number of methoxy groups -OCH3 is 1. The van der Waals surface area contributed by atoms with Crippen LogP contribution in [0, 0.1) is 0 Å². The van der Waals surface area contributed by atoms with E-state index < -0.39 is 0 Å². The van der Waals surface area contributed by atoms with Gasteiger partial charge in [0.05, 0.1) is 26.4 Å². The minimum absolute atomic E-state index is 0.0165. The Morgan fingerprint density at radius 2 is 2.32 bits per heavy atom. The van der Waals surface area contributed by atoms with E-state index in [-0.39, 0.29) is 12.1 Å². The van der Waals surface area contributed by atoms with Gasteiger partial charge in [-0.05, 0) is 37.5 Å². The first kappa shape index (κ1) is 14.3. The lowest BCUT2D eigenvalue weighted by molar-refractivity contribution is 0.0101. The van der Waals surface area contributed by atoms with Gasteiger partial charge in [-0.15, -0.1) is 0 Å². The average molecular weight is 265 g/mol. The van der Waals surface area contributed by atoms with E-state index >= 15 is 0 Å². The summed E-state index contributed by atoms with van der Waals surface area (Å²) in [6.45, 7) is 4.01.